The van der Waals surface area contributed by atoms with E-state index in [9.17, 15) is 19.5 Å². The lowest BCUT2D eigenvalue weighted by atomic mass is 10.0. The minimum Gasteiger partial charge on any atom is -0.480 e. The molecule has 0 aromatic heterocycles. The van der Waals surface area contributed by atoms with Crippen LogP contribution >= 0.6 is 0 Å². The van der Waals surface area contributed by atoms with Crippen molar-refractivity contribution in [3.05, 3.63) is 48.0 Å². The Kier molecular flexibility index (Phi) is 6.08. The first kappa shape index (κ1) is 18.4. The number of nitrogens with one attached hydrogen (secondary N) is 1. The standard InChI is InChI=1S/C18H20N2O5/c19-14(17(22)23)7-8-16(21)20-15(18(24)25)10-11-5-6-12-3-1-2-4-13(12)9-11/h1-6,9,14-15H,7-8,10,19H2,(H,20,21)(H,22,23)(H,24,25)/t14?,15-/m0/s1. The molecule has 7 nitrogen and oxygen atoms in total. The van der Waals surface area contributed by atoms with Crippen LogP contribution in [0.5, 0.6) is 0 Å². The zero-order valence-electron chi connectivity index (χ0n) is 13.5. The molecule has 2 rings (SSSR count). The van der Waals surface area contributed by atoms with Gasteiger partial charge in [0.05, 0.1) is 0 Å². The molecular weight excluding hydrogens is 324 g/mol. The summed E-state index contributed by atoms with van der Waals surface area (Å²) in [7, 11) is 0. The van der Waals surface area contributed by atoms with E-state index < -0.39 is 29.9 Å². The van der Waals surface area contributed by atoms with E-state index in [1.165, 1.54) is 0 Å². The van der Waals surface area contributed by atoms with Gasteiger partial charge in [-0.3, -0.25) is 9.59 Å². The highest BCUT2D eigenvalue weighted by Gasteiger charge is 2.21. The zero-order valence-corrected chi connectivity index (χ0v) is 13.5. The molecule has 0 radical (unpaired) electrons. The fourth-order valence-corrected chi connectivity index (χ4v) is 2.48. The Hall–Kier alpha value is -2.93. The molecule has 2 aromatic carbocycles. The van der Waals surface area contributed by atoms with Gasteiger partial charge < -0.3 is 21.3 Å². The number of amides is 1. The maximum atomic E-state index is 11.9. The Morgan fingerprint density at radius 1 is 1.00 bits per heavy atom. The van der Waals surface area contributed by atoms with Crippen molar-refractivity contribution >= 4 is 28.6 Å². The highest BCUT2D eigenvalue weighted by atomic mass is 16.4. The average molecular weight is 344 g/mol. The first-order valence-corrected chi connectivity index (χ1v) is 7.85. The van der Waals surface area contributed by atoms with Gasteiger partial charge in [0.1, 0.15) is 12.1 Å². The van der Waals surface area contributed by atoms with E-state index in [2.05, 4.69) is 5.32 Å². The van der Waals surface area contributed by atoms with Gasteiger partial charge in [-0.15, -0.1) is 0 Å². The van der Waals surface area contributed by atoms with Crippen molar-refractivity contribution in [2.24, 2.45) is 5.73 Å². The second kappa shape index (κ2) is 8.25. The normalized spacial score (nSPS) is 13.2. The summed E-state index contributed by atoms with van der Waals surface area (Å²) < 4.78 is 0. The van der Waals surface area contributed by atoms with Crippen LogP contribution in [0.2, 0.25) is 0 Å². The second-order valence-electron chi connectivity index (χ2n) is 5.83. The predicted molar refractivity (Wildman–Crippen MR) is 92.1 cm³/mol. The third kappa shape index (κ3) is 5.29. The fourth-order valence-electron chi connectivity index (χ4n) is 2.48. The summed E-state index contributed by atoms with van der Waals surface area (Å²) in [6.07, 6.45) is -0.0602. The van der Waals surface area contributed by atoms with E-state index in [1.54, 1.807) is 0 Å². The van der Waals surface area contributed by atoms with Crippen molar-refractivity contribution in [3.8, 4) is 0 Å². The number of fused-ring (bicyclic) bond motifs is 1. The maximum absolute atomic E-state index is 11.9. The third-order valence-electron chi connectivity index (χ3n) is 3.89. The molecule has 0 heterocycles. The summed E-state index contributed by atoms with van der Waals surface area (Å²) in [6, 6.07) is 11.1. The summed E-state index contributed by atoms with van der Waals surface area (Å²) in [5.74, 6) is -2.88. The van der Waals surface area contributed by atoms with Gasteiger partial charge in [0.25, 0.3) is 0 Å². The van der Waals surface area contributed by atoms with E-state index in [0.29, 0.717) is 0 Å². The van der Waals surface area contributed by atoms with Gasteiger partial charge in [0.2, 0.25) is 5.91 Å². The lowest BCUT2D eigenvalue weighted by molar-refractivity contribution is -0.142. The lowest BCUT2D eigenvalue weighted by Crippen LogP contribution is -2.43. The van der Waals surface area contributed by atoms with Crippen molar-refractivity contribution in [2.45, 2.75) is 31.3 Å². The second-order valence-corrected chi connectivity index (χ2v) is 5.83. The van der Waals surface area contributed by atoms with Crippen LogP contribution in [0.1, 0.15) is 18.4 Å². The largest absolute Gasteiger partial charge is 0.480 e. The number of hydrogen-bond acceptors (Lipinski definition) is 4. The average Bonchev–Trinajstić information content (AvgIpc) is 2.58. The molecule has 7 heteroatoms. The molecule has 2 atom stereocenters. The molecule has 0 spiro atoms. The first-order chi connectivity index (χ1) is 11.9. The van der Waals surface area contributed by atoms with E-state index in [0.717, 1.165) is 16.3 Å². The first-order valence-electron chi connectivity index (χ1n) is 7.85. The summed E-state index contributed by atoms with van der Waals surface area (Å²) in [6.45, 7) is 0. The molecular formula is C18H20N2O5. The van der Waals surface area contributed by atoms with Crippen LogP contribution in [0.15, 0.2) is 42.5 Å². The number of carboxylic acids is 2. The lowest BCUT2D eigenvalue weighted by Gasteiger charge is -2.15. The van der Waals surface area contributed by atoms with Crippen LogP contribution in [-0.4, -0.2) is 40.1 Å². The molecule has 0 saturated carbocycles. The Morgan fingerprint density at radius 3 is 2.32 bits per heavy atom. The Bertz CT molecular complexity index is 790. The van der Waals surface area contributed by atoms with Gasteiger partial charge in [-0.2, -0.15) is 0 Å². The van der Waals surface area contributed by atoms with Gasteiger partial charge in [-0.1, -0.05) is 42.5 Å². The van der Waals surface area contributed by atoms with Crippen LogP contribution in [0.25, 0.3) is 10.8 Å². The molecule has 0 aliphatic rings. The highest BCUT2D eigenvalue weighted by molar-refractivity contribution is 5.85. The molecule has 0 aliphatic carbocycles. The minimum atomic E-state index is -1.20. The quantitative estimate of drug-likeness (QED) is 0.568. The van der Waals surface area contributed by atoms with Crippen LogP contribution in [0.3, 0.4) is 0 Å². The summed E-state index contributed by atoms with van der Waals surface area (Å²) >= 11 is 0. The van der Waals surface area contributed by atoms with Crippen molar-refractivity contribution in [1.82, 2.24) is 5.32 Å². The van der Waals surface area contributed by atoms with E-state index >= 15 is 0 Å². The van der Waals surface area contributed by atoms with Crippen LogP contribution in [0, 0.1) is 0 Å². The Morgan fingerprint density at radius 2 is 1.68 bits per heavy atom. The number of benzene rings is 2. The number of aliphatic carboxylic acids is 2. The topological polar surface area (TPSA) is 130 Å². The third-order valence-corrected chi connectivity index (χ3v) is 3.89. The van der Waals surface area contributed by atoms with Crippen LogP contribution in [-0.2, 0) is 20.8 Å². The monoisotopic (exact) mass is 344 g/mol. The predicted octanol–water partition coefficient (Wildman–Crippen LogP) is 1.14. The van der Waals surface area contributed by atoms with Gasteiger partial charge in [0, 0.05) is 12.8 Å². The van der Waals surface area contributed by atoms with Gasteiger partial charge in [-0.05, 0) is 22.8 Å². The SMILES string of the molecule is NC(CCC(=O)N[C@@H](Cc1ccc2ccccc2c1)C(=O)O)C(=O)O. The van der Waals surface area contributed by atoms with Gasteiger partial charge in [-0.25, -0.2) is 4.79 Å². The number of nitrogens with two attached hydrogens (primary N) is 1. The van der Waals surface area contributed by atoms with E-state index in [-0.39, 0.29) is 19.3 Å². The van der Waals surface area contributed by atoms with Crippen LogP contribution in [0.4, 0.5) is 0 Å². The summed E-state index contributed by atoms with van der Waals surface area (Å²) in [4.78, 5) is 33.9. The molecule has 0 fully saturated rings. The smallest absolute Gasteiger partial charge is 0.326 e. The number of rotatable bonds is 8. The molecule has 0 aliphatic heterocycles. The summed E-state index contributed by atoms with van der Waals surface area (Å²) in [5.41, 5.74) is 6.12. The molecule has 5 N–H and O–H groups in total. The van der Waals surface area contributed by atoms with Crippen LogP contribution < -0.4 is 11.1 Å². The molecule has 132 valence electrons. The maximum Gasteiger partial charge on any atom is 0.326 e. The van der Waals surface area contributed by atoms with Gasteiger partial charge in [0.15, 0.2) is 0 Å². The van der Waals surface area contributed by atoms with E-state index in [1.807, 2.05) is 42.5 Å². The zero-order chi connectivity index (χ0) is 18.4. The molecule has 25 heavy (non-hydrogen) atoms. The van der Waals surface area contributed by atoms with Crippen molar-refractivity contribution in [2.75, 3.05) is 0 Å². The molecule has 0 saturated heterocycles. The molecule has 2 aromatic rings. The number of hydrogen-bond donors (Lipinski definition) is 4. The molecule has 1 amide bonds. The Labute approximate surface area is 144 Å². The van der Waals surface area contributed by atoms with Gasteiger partial charge >= 0.3 is 11.9 Å². The van der Waals surface area contributed by atoms with Crippen molar-refractivity contribution < 1.29 is 24.6 Å². The summed E-state index contributed by atoms with van der Waals surface area (Å²) in [5, 5.41) is 22.5. The van der Waals surface area contributed by atoms with Crippen molar-refractivity contribution in [1.29, 1.82) is 0 Å². The Balaban J connectivity index is 2.01. The molecule has 1 unspecified atom stereocenters. The van der Waals surface area contributed by atoms with Crippen molar-refractivity contribution in [3.63, 3.8) is 0 Å². The number of carbonyl (C=O) groups excluding carboxylic acids is 1. The fraction of sp³-hybridized carbons (Fsp3) is 0.278. The number of carboxylic acid groups (broad SMARTS) is 2. The number of carbonyl (C=O) groups is 3. The minimum absolute atomic E-state index is 0.0521. The highest BCUT2D eigenvalue weighted by Crippen LogP contribution is 2.16. The van der Waals surface area contributed by atoms with E-state index in [4.69, 9.17) is 10.8 Å². The molecule has 0 bridgehead atoms.